The van der Waals surface area contributed by atoms with E-state index in [0.29, 0.717) is 4.62 Å². The van der Waals surface area contributed by atoms with E-state index in [1.54, 1.807) is 0 Å². The summed E-state index contributed by atoms with van der Waals surface area (Å²) in [7, 11) is 0. The summed E-state index contributed by atoms with van der Waals surface area (Å²) in [6.45, 7) is 0. The van der Waals surface area contributed by atoms with Crippen molar-refractivity contribution in [3.8, 4) is 0 Å². The number of carbonyl (C=O) groups excluding carboxylic acids is 1. The number of carbonyl (C=O) groups is 2. The predicted molar refractivity (Wildman–Crippen MR) is 56.1 cm³/mol. The van der Waals surface area contributed by atoms with Crippen LogP contribution in [0.3, 0.4) is 0 Å². The van der Waals surface area contributed by atoms with Gasteiger partial charge in [-0.05, 0) is 15.9 Å². The van der Waals surface area contributed by atoms with E-state index >= 15 is 0 Å². The number of alkyl halides is 3. The third-order valence-corrected chi connectivity index (χ3v) is 2.52. The quantitative estimate of drug-likeness (QED) is 0.804. The lowest BCUT2D eigenvalue weighted by Gasteiger charge is -2.17. The first-order valence-electron chi connectivity index (χ1n) is 4.69. The Bertz CT molecular complexity index is 385. The Balaban J connectivity index is 2.56. The number of carboxylic acids is 1. The molecule has 0 saturated carbocycles. The summed E-state index contributed by atoms with van der Waals surface area (Å²) in [4.78, 5) is 26.1. The monoisotopic (exact) mass is 332 g/mol. The van der Waals surface area contributed by atoms with E-state index in [0.717, 1.165) is 0 Å². The van der Waals surface area contributed by atoms with Gasteiger partial charge in [0.2, 0.25) is 0 Å². The van der Waals surface area contributed by atoms with E-state index in [1.807, 2.05) is 0 Å². The molecule has 2 atom stereocenters. The van der Waals surface area contributed by atoms with Gasteiger partial charge in [0.25, 0.3) is 0 Å². The van der Waals surface area contributed by atoms with Crippen molar-refractivity contribution in [2.75, 3.05) is 0 Å². The van der Waals surface area contributed by atoms with Crippen LogP contribution < -0.4 is 5.32 Å². The second-order valence-corrected chi connectivity index (χ2v) is 4.41. The molecule has 0 aromatic rings. The highest BCUT2D eigenvalue weighted by atomic mass is 79.9. The Hall–Kier alpha value is -1.32. The summed E-state index contributed by atoms with van der Waals surface area (Å²) < 4.78 is 36.4. The molecule has 0 radical (unpaired) electrons. The van der Waals surface area contributed by atoms with Gasteiger partial charge in [0.05, 0.1) is 0 Å². The third kappa shape index (κ3) is 4.17. The highest BCUT2D eigenvalue weighted by molar-refractivity contribution is 9.18. The van der Waals surface area contributed by atoms with Crippen molar-refractivity contribution in [3.05, 3.63) is 0 Å². The molecule has 0 fully saturated rings. The van der Waals surface area contributed by atoms with E-state index in [9.17, 15) is 22.8 Å². The summed E-state index contributed by atoms with van der Waals surface area (Å²) in [6.07, 6.45) is -5.88. The molecule has 0 bridgehead atoms. The molecular weight excluding hydrogens is 325 g/mol. The number of nitrogens with zero attached hydrogens (tertiary/aromatic N) is 1. The number of oxime groups is 1. The van der Waals surface area contributed by atoms with Gasteiger partial charge in [0.15, 0.2) is 0 Å². The van der Waals surface area contributed by atoms with Crippen LogP contribution in [-0.4, -0.2) is 39.9 Å². The molecule has 102 valence electrons. The lowest BCUT2D eigenvalue weighted by Crippen LogP contribution is -2.48. The molecule has 18 heavy (non-hydrogen) atoms. The molecule has 0 aromatic carbocycles. The zero-order valence-corrected chi connectivity index (χ0v) is 10.3. The van der Waals surface area contributed by atoms with Gasteiger partial charge < -0.3 is 15.3 Å². The van der Waals surface area contributed by atoms with E-state index in [2.05, 4.69) is 21.1 Å². The number of amides is 1. The van der Waals surface area contributed by atoms with Gasteiger partial charge in [0.1, 0.15) is 16.8 Å². The second kappa shape index (κ2) is 5.55. The third-order valence-electron chi connectivity index (χ3n) is 2.06. The van der Waals surface area contributed by atoms with Gasteiger partial charge >= 0.3 is 18.1 Å². The van der Waals surface area contributed by atoms with Gasteiger partial charge in [-0.2, -0.15) is 13.2 Å². The highest BCUT2D eigenvalue weighted by Crippen LogP contribution is 2.20. The zero-order chi connectivity index (χ0) is 13.9. The number of rotatable bonds is 4. The molecule has 1 aliphatic heterocycles. The van der Waals surface area contributed by atoms with Crippen molar-refractivity contribution in [3.63, 3.8) is 0 Å². The van der Waals surface area contributed by atoms with E-state index in [4.69, 9.17) is 9.94 Å². The number of hydrogen-bond donors (Lipinski definition) is 2. The van der Waals surface area contributed by atoms with Gasteiger partial charge in [-0.15, -0.1) is 0 Å². The zero-order valence-electron chi connectivity index (χ0n) is 8.70. The molecule has 1 amide bonds. The highest BCUT2D eigenvalue weighted by Gasteiger charge is 2.41. The van der Waals surface area contributed by atoms with Crippen LogP contribution in [0.25, 0.3) is 0 Å². The summed E-state index contributed by atoms with van der Waals surface area (Å²) >= 11 is 3.00. The summed E-state index contributed by atoms with van der Waals surface area (Å²) in [5, 5.41) is 13.6. The van der Waals surface area contributed by atoms with Crippen molar-refractivity contribution in [1.29, 1.82) is 0 Å². The summed E-state index contributed by atoms with van der Waals surface area (Å²) in [6, 6.07) is -1.68. The number of hydrogen-bond acceptors (Lipinski definition) is 4. The smallest absolute Gasteiger partial charge is 0.471 e. The fourth-order valence-corrected chi connectivity index (χ4v) is 1.69. The van der Waals surface area contributed by atoms with Crippen LogP contribution in [0.2, 0.25) is 0 Å². The summed E-state index contributed by atoms with van der Waals surface area (Å²) in [5.41, 5.74) is 0. The molecule has 2 N–H and O–H groups in total. The largest absolute Gasteiger partial charge is 0.480 e. The minimum Gasteiger partial charge on any atom is -0.480 e. The van der Waals surface area contributed by atoms with Crippen LogP contribution in [0.5, 0.6) is 0 Å². The predicted octanol–water partition coefficient (Wildman–Crippen LogP) is 1.01. The van der Waals surface area contributed by atoms with E-state index < -0.39 is 30.2 Å². The molecule has 0 aliphatic carbocycles. The van der Waals surface area contributed by atoms with Crippen molar-refractivity contribution in [2.45, 2.75) is 31.2 Å². The van der Waals surface area contributed by atoms with Crippen molar-refractivity contribution in [1.82, 2.24) is 5.32 Å². The molecule has 1 aliphatic rings. The Morgan fingerprint density at radius 1 is 1.61 bits per heavy atom. The first kappa shape index (κ1) is 14.7. The van der Waals surface area contributed by atoms with Crippen molar-refractivity contribution < 1.29 is 32.7 Å². The number of carboxylic acid groups (broad SMARTS) is 1. The van der Waals surface area contributed by atoms with Crippen LogP contribution >= 0.6 is 15.9 Å². The van der Waals surface area contributed by atoms with Crippen LogP contribution in [0.15, 0.2) is 5.16 Å². The Morgan fingerprint density at radius 2 is 2.22 bits per heavy atom. The standard InChI is InChI=1S/C8H8BrF3N2O4/c9-5-2-3(18-14-5)1-4(6(15)16)13-7(17)8(10,11)12/h3-4H,1-2H2,(H,13,17)(H,15,16)/t3-,4-/m1/s1. The fraction of sp³-hybridized carbons (Fsp3) is 0.625. The summed E-state index contributed by atoms with van der Waals surface area (Å²) in [5.74, 6) is -3.87. The first-order valence-corrected chi connectivity index (χ1v) is 5.48. The topological polar surface area (TPSA) is 88.0 Å². The van der Waals surface area contributed by atoms with Gasteiger partial charge in [0, 0.05) is 12.8 Å². The SMILES string of the molecule is O=C(O)[C@@H](C[C@@H]1CC(Br)=NO1)NC(=O)C(F)(F)F. The Labute approximate surface area is 107 Å². The molecule has 1 heterocycles. The molecule has 0 spiro atoms. The van der Waals surface area contributed by atoms with Crippen molar-refractivity contribution >= 4 is 32.4 Å². The van der Waals surface area contributed by atoms with Crippen LogP contribution in [-0.2, 0) is 14.4 Å². The maximum atomic E-state index is 12.0. The maximum Gasteiger partial charge on any atom is 0.471 e. The lowest BCUT2D eigenvalue weighted by molar-refractivity contribution is -0.175. The average Bonchev–Trinajstić information content (AvgIpc) is 2.61. The molecular formula is C8H8BrF3N2O4. The average molecular weight is 333 g/mol. The molecule has 0 unspecified atom stereocenters. The molecule has 1 rings (SSSR count). The normalized spacial score (nSPS) is 20.9. The minimum absolute atomic E-state index is 0.242. The maximum absolute atomic E-state index is 12.0. The fourth-order valence-electron chi connectivity index (χ4n) is 1.24. The number of aliphatic carboxylic acids is 1. The first-order chi connectivity index (χ1) is 8.20. The van der Waals surface area contributed by atoms with Crippen LogP contribution in [0.4, 0.5) is 13.2 Å². The van der Waals surface area contributed by atoms with Crippen molar-refractivity contribution in [2.24, 2.45) is 5.16 Å². The number of halogens is 4. The van der Waals surface area contributed by atoms with E-state index in [-0.39, 0.29) is 12.8 Å². The van der Waals surface area contributed by atoms with Gasteiger partial charge in [-0.3, -0.25) is 4.79 Å². The minimum atomic E-state index is -5.12. The van der Waals surface area contributed by atoms with Gasteiger partial charge in [-0.1, -0.05) is 5.16 Å². The molecule has 0 saturated heterocycles. The lowest BCUT2D eigenvalue weighted by atomic mass is 10.1. The van der Waals surface area contributed by atoms with E-state index in [1.165, 1.54) is 5.32 Å². The number of nitrogens with one attached hydrogen (secondary N) is 1. The Kier molecular flexibility index (Phi) is 4.54. The molecule has 6 nitrogen and oxygen atoms in total. The molecule has 10 heteroatoms. The van der Waals surface area contributed by atoms with Crippen LogP contribution in [0.1, 0.15) is 12.8 Å². The second-order valence-electron chi connectivity index (χ2n) is 3.50. The Morgan fingerprint density at radius 3 is 2.61 bits per heavy atom. The van der Waals surface area contributed by atoms with Gasteiger partial charge in [-0.25, -0.2) is 4.79 Å². The molecule has 0 aromatic heterocycles. The van der Waals surface area contributed by atoms with Crippen LogP contribution in [0, 0.1) is 0 Å².